The van der Waals surface area contributed by atoms with Crippen molar-refractivity contribution in [3.63, 3.8) is 0 Å². The number of hydrogen-bond donors (Lipinski definition) is 2. The van der Waals surface area contributed by atoms with Crippen molar-refractivity contribution < 1.29 is 10.2 Å². The standard InChI is InChI=1S/C8H11NO3/c1-3-9-5(2)8(12)6(10)4-7(9)11/h4,11-12H,3H2,1-2H3. The van der Waals surface area contributed by atoms with E-state index in [2.05, 4.69) is 0 Å². The molecule has 12 heavy (non-hydrogen) atoms. The van der Waals surface area contributed by atoms with Crippen LogP contribution in [0.3, 0.4) is 0 Å². The Morgan fingerprint density at radius 3 is 2.58 bits per heavy atom. The predicted octanol–water partition coefficient (Wildman–Crippen LogP) is 0.588. The van der Waals surface area contributed by atoms with Crippen molar-refractivity contribution in [1.29, 1.82) is 0 Å². The van der Waals surface area contributed by atoms with E-state index >= 15 is 0 Å². The van der Waals surface area contributed by atoms with Gasteiger partial charge >= 0.3 is 0 Å². The Labute approximate surface area is 69.7 Å². The molecule has 0 aromatic carbocycles. The third kappa shape index (κ3) is 1.15. The molecular weight excluding hydrogens is 158 g/mol. The summed E-state index contributed by atoms with van der Waals surface area (Å²) < 4.78 is 1.46. The molecule has 4 nitrogen and oxygen atoms in total. The van der Waals surface area contributed by atoms with Crippen LogP contribution < -0.4 is 5.43 Å². The zero-order valence-electron chi connectivity index (χ0n) is 7.03. The van der Waals surface area contributed by atoms with Crippen LogP contribution in [-0.2, 0) is 6.54 Å². The highest BCUT2D eigenvalue weighted by molar-refractivity contribution is 5.30. The van der Waals surface area contributed by atoms with Crippen LogP contribution in [-0.4, -0.2) is 14.8 Å². The lowest BCUT2D eigenvalue weighted by molar-refractivity contribution is 0.395. The smallest absolute Gasteiger partial charge is 0.227 e. The molecule has 1 rings (SSSR count). The first kappa shape index (κ1) is 8.64. The molecule has 0 aliphatic rings. The van der Waals surface area contributed by atoms with E-state index in [4.69, 9.17) is 0 Å². The summed E-state index contributed by atoms with van der Waals surface area (Å²) in [7, 11) is 0. The first-order valence-electron chi connectivity index (χ1n) is 3.70. The molecule has 0 aliphatic heterocycles. The zero-order valence-corrected chi connectivity index (χ0v) is 7.03. The molecule has 0 amide bonds. The number of rotatable bonds is 1. The lowest BCUT2D eigenvalue weighted by Crippen LogP contribution is -2.09. The fourth-order valence-corrected chi connectivity index (χ4v) is 1.14. The summed E-state index contributed by atoms with van der Waals surface area (Å²) in [6.45, 7) is 3.92. The van der Waals surface area contributed by atoms with E-state index in [1.807, 2.05) is 6.92 Å². The van der Waals surface area contributed by atoms with Gasteiger partial charge in [0.1, 0.15) is 0 Å². The van der Waals surface area contributed by atoms with E-state index < -0.39 is 5.43 Å². The molecular formula is C8H11NO3. The highest BCUT2D eigenvalue weighted by Gasteiger charge is 2.08. The fraction of sp³-hybridized carbons (Fsp3) is 0.375. The average Bonchev–Trinajstić information content (AvgIpc) is 2.01. The molecule has 66 valence electrons. The van der Waals surface area contributed by atoms with Gasteiger partial charge in [0.2, 0.25) is 5.43 Å². The summed E-state index contributed by atoms with van der Waals surface area (Å²) in [6, 6.07) is 1.01. The minimum atomic E-state index is -0.547. The molecule has 0 saturated carbocycles. The van der Waals surface area contributed by atoms with Gasteiger partial charge in [0.25, 0.3) is 0 Å². The Balaban J connectivity index is 3.51. The molecule has 1 heterocycles. The Bertz CT molecular complexity index is 354. The van der Waals surface area contributed by atoms with Gasteiger partial charge in [-0.3, -0.25) is 4.79 Å². The first-order valence-corrected chi connectivity index (χ1v) is 3.70. The molecule has 1 aromatic rings. The second kappa shape index (κ2) is 2.89. The van der Waals surface area contributed by atoms with E-state index in [1.165, 1.54) is 4.57 Å². The average molecular weight is 169 g/mol. The van der Waals surface area contributed by atoms with Crippen LogP contribution in [0.25, 0.3) is 0 Å². The number of hydrogen-bond acceptors (Lipinski definition) is 3. The van der Waals surface area contributed by atoms with Crippen LogP contribution in [0.15, 0.2) is 10.9 Å². The Morgan fingerprint density at radius 2 is 2.08 bits per heavy atom. The third-order valence-electron chi connectivity index (χ3n) is 1.83. The molecule has 0 atom stereocenters. The van der Waals surface area contributed by atoms with Crippen molar-refractivity contribution in [2.45, 2.75) is 20.4 Å². The molecule has 1 aromatic heterocycles. The molecule has 2 N–H and O–H groups in total. The summed E-state index contributed by atoms with van der Waals surface area (Å²) in [5, 5.41) is 18.4. The summed E-state index contributed by atoms with van der Waals surface area (Å²) in [6.07, 6.45) is 0. The van der Waals surface area contributed by atoms with E-state index in [-0.39, 0.29) is 11.6 Å². The van der Waals surface area contributed by atoms with Crippen LogP contribution in [0.5, 0.6) is 11.6 Å². The second-order valence-electron chi connectivity index (χ2n) is 2.55. The molecule has 0 bridgehead atoms. The highest BCUT2D eigenvalue weighted by Crippen LogP contribution is 2.16. The molecule has 0 fully saturated rings. The third-order valence-corrected chi connectivity index (χ3v) is 1.83. The van der Waals surface area contributed by atoms with Crippen LogP contribution in [0.1, 0.15) is 12.6 Å². The van der Waals surface area contributed by atoms with Crippen molar-refractivity contribution >= 4 is 0 Å². The van der Waals surface area contributed by atoms with E-state index in [1.54, 1.807) is 6.92 Å². The summed E-state index contributed by atoms with van der Waals surface area (Å²) in [4.78, 5) is 10.9. The van der Waals surface area contributed by atoms with E-state index in [0.717, 1.165) is 6.07 Å². The van der Waals surface area contributed by atoms with Gasteiger partial charge in [-0.25, -0.2) is 0 Å². The minimum absolute atomic E-state index is 0.113. The van der Waals surface area contributed by atoms with E-state index in [0.29, 0.717) is 12.2 Å². The molecule has 0 spiro atoms. The van der Waals surface area contributed by atoms with Crippen molar-refractivity contribution in [2.75, 3.05) is 0 Å². The largest absolute Gasteiger partial charge is 0.503 e. The monoisotopic (exact) mass is 169 g/mol. The number of pyridine rings is 1. The maximum Gasteiger partial charge on any atom is 0.227 e. The molecule has 0 saturated heterocycles. The lowest BCUT2D eigenvalue weighted by Gasteiger charge is -2.10. The number of aromatic hydroxyl groups is 2. The summed E-state index contributed by atoms with van der Waals surface area (Å²) in [5.41, 5.74) is -0.155. The SMILES string of the molecule is CCn1c(O)cc(=O)c(O)c1C. The Kier molecular flexibility index (Phi) is 2.08. The van der Waals surface area contributed by atoms with E-state index in [9.17, 15) is 15.0 Å². The normalized spacial score (nSPS) is 10.2. The van der Waals surface area contributed by atoms with Crippen LogP contribution >= 0.6 is 0 Å². The van der Waals surface area contributed by atoms with Crippen LogP contribution in [0.2, 0.25) is 0 Å². The lowest BCUT2D eigenvalue weighted by atomic mass is 10.3. The molecule has 4 heteroatoms. The maximum atomic E-state index is 10.9. The van der Waals surface area contributed by atoms with Crippen molar-refractivity contribution in [2.24, 2.45) is 0 Å². The summed E-state index contributed by atoms with van der Waals surface area (Å²) >= 11 is 0. The van der Waals surface area contributed by atoms with Gasteiger partial charge in [-0.05, 0) is 13.8 Å². The van der Waals surface area contributed by atoms with Gasteiger partial charge < -0.3 is 14.8 Å². The number of nitrogens with zero attached hydrogens (tertiary/aromatic N) is 1. The topological polar surface area (TPSA) is 62.5 Å². The minimum Gasteiger partial charge on any atom is -0.503 e. The van der Waals surface area contributed by atoms with Gasteiger partial charge in [-0.2, -0.15) is 0 Å². The molecule has 0 radical (unpaired) electrons. The maximum absolute atomic E-state index is 10.9. The van der Waals surface area contributed by atoms with Crippen molar-refractivity contribution in [3.05, 3.63) is 22.0 Å². The second-order valence-corrected chi connectivity index (χ2v) is 2.55. The zero-order chi connectivity index (χ0) is 9.30. The first-order chi connectivity index (χ1) is 5.57. The van der Waals surface area contributed by atoms with Crippen LogP contribution in [0.4, 0.5) is 0 Å². The van der Waals surface area contributed by atoms with Crippen molar-refractivity contribution in [3.8, 4) is 11.6 Å². The molecule has 0 aliphatic carbocycles. The number of aromatic nitrogens is 1. The highest BCUT2D eigenvalue weighted by atomic mass is 16.3. The van der Waals surface area contributed by atoms with Crippen molar-refractivity contribution in [1.82, 2.24) is 4.57 Å². The van der Waals surface area contributed by atoms with Gasteiger partial charge in [-0.1, -0.05) is 0 Å². The van der Waals surface area contributed by atoms with Crippen LogP contribution in [0, 0.1) is 6.92 Å². The van der Waals surface area contributed by atoms with Gasteiger partial charge in [0.05, 0.1) is 5.69 Å². The predicted molar refractivity (Wildman–Crippen MR) is 44.4 cm³/mol. The summed E-state index contributed by atoms with van der Waals surface area (Å²) in [5.74, 6) is -0.410. The molecule has 0 unspecified atom stereocenters. The van der Waals surface area contributed by atoms with Gasteiger partial charge in [-0.15, -0.1) is 0 Å². The van der Waals surface area contributed by atoms with Gasteiger partial charge in [0, 0.05) is 12.6 Å². The fourth-order valence-electron chi connectivity index (χ4n) is 1.14. The Hall–Kier alpha value is -1.45. The van der Waals surface area contributed by atoms with Gasteiger partial charge in [0.15, 0.2) is 11.6 Å². The Morgan fingerprint density at radius 1 is 1.50 bits per heavy atom. The quantitative estimate of drug-likeness (QED) is 0.646.